The number of hydrogen-bond donors (Lipinski definition) is 3. The second kappa shape index (κ2) is 11.2. The first-order chi connectivity index (χ1) is 13.4. The molecule has 1 fully saturated rings. The van der Waals surface area contributed by atoms with Gasteiger partial charge in [0.2, 0.25) is 5.88 Å². The Kier molecular flexibility index (Phi) is 8.95. The molecule has 0 spiro atoms. The Morgan fingerprint density at radius 2 is 2.11 bits per heavy atom. The van der Waals surface area contributed by atoms with Crippen LogP contribution in [0.15, 0.2) is 23.3 Å². The van der Waals surface area contributed by atoms with Crippen molar-refractivity contribution in [3.8, 4) is 5.88 Å². The number of ether oxygens (including phenoxy) is 2. The fourth-order valence-corrected chi connectivity index (χ4v) is 2.90. The number of nitrogens with one attached hydrogen (secondary N) is 2. The number of guanidine groups is 1. The Bertz CT molecular complexity index is 598. The number of hydrogen-bond acceptors (Lipinski definition) is 6. The van der Waals surface area contributed by atoms with Gasteiger partial charge < -0.3 is 25.2 Å². The molecule has 1 saturated heterocycles. The van der Waals surface area contributed by atoms with E-state index in [-0.39, 0.29) is 6.10 Å². The minimum atomic E-state index is -0.856. The molecule has 28 heavy (non-hydrogen) atoms. The highest BCUT2D eigenvalue weighted by atomic mass is 16.5. The quantitative estimate of drug-likeness (QED) is 0.426. The molecule has 0 saturated carbocycles. The van der Waals surface area contributed by atoms with E-state index in [1.807, 2.05) is 39.8 Å². The number of nitrogens with zero attached hydrogens (tertiary/aromatic N) is 3. The summed E-state index contributed by atoms with van der Waals surface area (Å²) in [5, 5.41) is 17.2. The number of aromatic nitrogens is 1. The lowest BCUT2D eigenvalue weighted by molar-refractivity contribution is -0.0201. The van der Waals surface area contributed by atoms with Gasteiger partial charge in [-0.05, 0) is 33.3 Å². The fourth-order valence-electron chi connectivity index (χ4n) is 2.90. The third-order valence-electron chi connectivity index (χ3n) is 4.22. The lowest BCUT2D eigenvalue weighted by Crippen LogP contribution is -2.52. The minimum Gasteiger partial charge on any atom is -0.475 e. The molecule has 1 aromatic rings. The number of rotatable bonds is 9. The Morgan fingerprint density at radius 1 is 1.36 bits per heavy atom. The summed E-state index contributed by atoms with van der Waals surface area (Å²) >= 11 is 0. The zero-order valence-corrected chi connectivity index (χ0v) is 17.6. The van der Waals surface area contributed by atoms with Gasteiger partial charge in [-0.25, -0.2) is 9.98 Å². The van der Waals surface area contributed by atoms with Gasteiger partial charge in [0.25, 0.3) is 0 Å². The maximum atomic E-state index is 10.7. The Balaban J connectivity index is 1.86. The maximum absolute atomic E-state index is 10.7. The summed E-state index contributed by atoms with van der Waals surface area (Å²) in [4.78, 5) is 11.1. The van der Waals surface area contributed by atoms with Gasteiger partial charge in [-0.15, -0.1) is 0 Å². The van der Waals surface area contributed by atoms with E-state index in [1.54, 1.807) is 6.20 Å². The first-order valence-corrected chi connectivity index (χ1v) is 10.0. The van der Waals surface area contributed by atoms with Crippen molar-refractivity contribution in [2.24, 2.45) is 4.99 Å². The summed E-state index contributed by atoms with van der Waals surface area (Å²) in [5.74, 6) is 1.29. The third kappa shape index (κ3) is 8.41. The first kappa shape index (κ1) is 22.4. The minimum absolute atomic E-state index is 0.103. The van der Waals surface area contributed by atoms with E-state index in [0.717, 1.165) is 38.4 Å². The normalized spacial score (nSPS) is 18.0. The summed E-state index contributed by atoms with van der Waals surface area (Å²) in [6.45, 7) is 13.2. The molecule has 0 aliphatic carbocycles. The van der Waals surface area contributed by atoms with Crippen LogP contribution in [0.5, 0.6) is 5.88 Å². The molecular formula is C20H35N5O3. The van der Waals surface area contributed by atoms with Crippen molar-refractivity contribution in [1.82, 2.24) is 20.5 Å². The van der Waals surface area contributed by atoms with Crippen LogP contribution in [0.1, 0.15) is 33.3 Å². The zero-order chi connectivity index (χ0) is 20.4. The van der Waals surface area contributed by atoms with Crippen LogP contribution < -0.4 is 15.4 Å². The smallest absolute Gasteiger partial charge is 0.213 e. The molecule has 1 aliphatic rings. The number of aliphatic imine (C=N–C) groups is 1. The lowest BCUT2D eigenvalue weighted by Gasteiger charge is -2.34. The predicted octanol–water partition coefficient (Wildman–Crippen LogP) is 1.01. The van der Waals surface area contributed by atoms with Gasteiger partial charge in [-0.3, -0.25) is 4.90 Å². The van der Waals surface area contributed by atoms with Gasteiger partial charge >= 0.3 is 0 Å². The molecule has 158 valence electrons. The summed E-state index contributed by atoms with van der Waals surface area (Å²) in [7, 11) is 0. The van der Waals surface area contributed by atoms with Crippen LogP contribution in [-0.4, -0.2) is 78.6 Å². The molecule has 2 rings (SSSR count). The lowest BCUT2D eigenvalue weighted by atomic mass is 10.1. The van der Waals surface area contributed by atoms with Crippen molar-refractivity contribution in [3.05, 3.63) is 23.9 Å². The van der Waals surface area contributed by atoms with E-state index in [1.165, 1.54) is 0 Å². The van der Waals surface area contributed by atoms with Crippen molar-refractivity contribution in [3.63, 3.8) is 0 Å². The van der Waals surface area contributed by atoms with Crippen LogP contribution in [0.3, 0.4) is 0 Å². The van der Waals surface area contributed by atoms with Crippen molar-refractivity contribution >= 4 is 5.96 Å². The largest absolute Gasteiger partial charge is 0.475 e. The van der Waals surface area contributed by atoms with Gasteiger partial charge in [0.15, 0.2) is 5.96 Å². The Morgan fingerprint density at radius 3 is 2.71 bits per heavy atom. The van der Waals surface area contributed by atoms with E-state index in [9.17, 15) is 5.11 Å². The number of β-amino-alcohol motifs (C(OH)–C–C–N with tert-alkyl or cyclic N) is 1. The van der Waals surface area contributed by atoms with Crippen LogP contribution in [0.25, 0.3) is 0 Å². The van der Waals surface area contributed by atoms with Gasteiger partial charge in [0.05, 0.1) is 31.5 Å². The predicted molar refractivity (Wildman–Crippen MR) is 111 cm³/mol. The van der Waals surface area contributed by atoms with E-state index < -0.39 is 5.60 Å². The summed E-state index contributed by atoms with van der Waals surface area (Å²) in [6, 6.07) is 3.82. The molecule has 2 heterocycles. The highest BCUT2D eigenvalue weighted by molar-refractivity contribution is 5.79. The zero-order valence-electron chi connectivity index (χ0n) is 17.6. The highest BCUT2D eigenvalue weighted by Gasteiger charge is 2.25. The summed E-state index contributed by atoms with van der Waals surface area (Å²) in [6.07, 6.45) is 1.88. The topological polar surface area (TPSA) is 91.2 Å². The molecule has 1 atom stereocenters. The van der Waals surface area contributed by atoms with Gasteiger partial charge in [-0.1, -0.05) is 6.07 Å². The summed E-state index contributed by atoms with van der Waals surface area (Å²) < 4.78 is 10.9. The molecule has 1 aliphatic heterocycles. The average molecular weight is 394 g/mol. The summed E-state index contributed by atoms with van der Waals surface area (Å²) in [5.41, 5.74) is 0.138. The standard InChI is InChI=1S/C20H35N5O3/c1-5-21-19(23-13-17-6-7-18(22-12-17)28-16(2)3)24-14-20(4,26)15-25-8-10-27-11-9-25/h6-7,12,16,26H,5,8-11,13-15H2,1-4H3,(H2,21,23,24). The van der Waals surface area contributed by atoms with Gasteiger partial charge in [0, 0.05) is 45.0 Å². The van der Waals surface area contributed by atoms with E-state index in [0.29, 0.717) is 31.5 Å². The first-order valence-electron chi connectivity index (χ1n) is 10.0. The number of aliphatic hydroxyl groups is 1. The van der Waals surface area contributed by atoms with Gasteiger partial charge in [0.1, 0.15) is 0 Å². The molecule has 1 aromatic heterocycles. The molecule has 0 bridgehead atoms. The highest BCUT2D eigenvalue weighted by Crippen LogP contribution is 2.10. The Labute approximate surface area is 168 Å². The monoisotopic (exact) mass is 393 g/mol. The average Bonchev–Trinajstić information content (AvgIpc) is 2.65. The number of pyridine rings is 1. The molecular weight excluding hydrogens is 358 g/mol. The second-order valence-electron chi connectivity index (χ2n) is 7.61. The van der Waals surface area contributed by atoms with Gasteiger partial charge in [-0.2, -0.15) is 0 Å². The van der Waals surface area contributed by atoms with E-state index in [4.69, 9.17) is 9.47 Å². The SMILES string of the molecule is CCNC(=NCc1ccc(OC(C)C)nc1)NCC(C)(O)CN1CCOCC1. The maximum Gasteiger partial charge on any atom is 0.213 e. The Hall–Kier alpha value is -1.90. The second-order valence-corrected chi connectivity index (χ2v) is 7.61. The molecule has 8 heteroatoms. The molecule has 0 radical (unpaired) electrons. The van der Waals surface area contributed by atoms with Crippen LogP contribution in [0.2, 0.25) is 0 Å². The van der Waals surface area contributed by atoms with Crippen molar-refractivity contribution < 1.29 is 14.6 Å². The van der Waals surface area contributed by atoms with Crippen molar-refractivity contribution in [2.75, 3.05) is 45.9 Å². The fraction of sp³-hybridized carbons (Fsp3) is 0.700. The van der Waals surface area contributed by atoms with Crippen LogP contribution >= 0.6 is 0 Å². The van der Waals surface area contributed by atoms with E-state index in [2.05, 4.69) is 25.5 Å². The molecule has 3 N–H and O–H groups in total. The molecule has 0 amide bonds. The molecule has 8 nitrogen and oxygen atoms in total. The third-order valence-corrected chi connectivity index (χ3v) is 4.22. The number of morpholine rings is 1. The van der Waals surface area contributed by atoms with Crippen LogP contribution in [0, 0.1) is 0 Å². The van der Waals surface area contributed by atoms with Crippen LogP contribution in [-0.2, 0) is 11.3 Å². The molecule has 1 unspecified atom stereocenters. The van der Waals surface area contributed by atoms with Crippen molar-refractivity contribution in [1.29, 1.82) is 0 Å². The van der Waals surface area contributed by atoms with Crippen molar-refractivity contribution in [2.45, 2.75) is 45.9 Å². The molecule has 0 aromatic carbocycles. The van der Waals surface area contributed by atoms with Crippen LogP contribution in [0.4, 0.5) is 0 Å². The van der Waals surface area contributed by atoms with E-state index >= 15 is 0 Å².